The van der Waals surface area contributed by atoms with E-state index >= 15 is 0 Å². The number of nitrogens with zero attached hydrogens (tertiary/aromatic N) is 1. The third-order valence-electron chi connectivity index (χ3n) is 4.29. The topological polar surface area (TPSA) is 49.4 Å². The number of nitrogens with one attached hydrogen (secondary N) is 1. The molecular formula is C18H21ClN2O2S. The fourth-order valence-electron chi connectivity index (χ4n) is 2.98. The summed E-state index contributed by atoms with van der Waals surface area (Å²) in [5, 5.41) is 0.232. The third kappa shape index (κ3) is 4.16. The molecule has 6 heteroatoms. The van der Waals surface area contributed by atoms with Gasteiger partial charge in [0.05, 0.1) is 5.02 Å². The monoisotopic (exact) mass is 364 g/mol. The molecule has 24 heavy (non-hydrogen) atoms. The molecule has 2 aromatic carbocycles. The summed E-state index contributed by atoms with van der Waals surface area (Å²) in [5.41, 5.74) is 2.17. The van der Waals surface area contributed by atoms with Crippen LogP contribution in [0.15, 0.2) is 53.4 Å². The van der Waals surface area contributed by atoms with Crippen LogP contribution in [0.4, 0.5) is 0 Å². The number of halogens is 1. The predicted molar refractivity (Wildman–Crippen MR) is 96.4 cm³/mol. The van der Waals surface area contributed by atoms with Crippen molar-refractivity contribution in [3.8, 4) is 0 Å². The molecule has 0 atom stereocenters. The zero-order valence-corrected chi connectivity index (χ0v) is 15.0. The van der Waals surface area contributed by atoms with Crippen molar-refractivity contribution in [3.05, 3.63) is 64.7 Å². The zero-order chi connectivity index (χ0) is 17.0. The lowest BCUT2D eigenvalue weighted by Gasteiger charge is -2.18. The van der Waals surface area contributed by atoms with Crippen LogP contribution in [0.25, 0.3) is 0 Å². The van der Waals surface area contributed by atoms with Gasteiger partial charge in [-0.3, -0.25) is 4.90 Å². The van der Waals surface area contributed by atoms with Crippen LogP contribution in [0.2, 0.25) is 5.02 Å². The van der Waals surface area contributed by atoms with Crippen LogP contribution >= 0.6 is 11.6 Å². The maximum absolute atomic E-state index is 12.5. The Hall–Kier alpha value is -1.40. The maximum Gasteiger partial charge on any atom is 0.242 e. The van der Waals surface area contributed by atoms with Crippen LogP contribution in [-0.4, -0.2) is 26.4 Å². The Morgan fingerprint density at radius 3 is 2.29 bits per heavy atom. The van der Waals surface area contributed by atoms with Gasteiger partial charge < -0.3 is 0 Å². The molecule has 0 bridgehead atoms. The van der Waals surface area contributed by atoms with Crippen molar-refractivity contribution >= 4 is 21.6 Å². The van der Waals surface area contributed by atoms with Crippen LogP contribution in [-0.2, 0) is 23.1 Å². The summed E-state index contributed by atoms with van der Waals surface area (Å²) < 4.78 is 27.6. The van der Waals surface area contributed by atoms with Gasteiger partial charge in [0.25, 0.3) is 0 Å². The molecule has 0 radical (unpaired) electrons. The molecule has 0 unspecified atom stereocenters. The van der Waals surface area contributed by atoms with Crippen LogP contribution < -0.4 is 4.72 Å². The van der Waals surface area contributed by atoms with Gasteiger partial charge in [0.15, 0.2) is 0 Å². The summed E-state index contributed by atoms with van der Waals surface area (Å²) in [5.74, 6) is 0. The van der Waals surface area contributed by atoms with E-state index in [0.717, 1.165) is 25.2 Å². The van der Waals surface area contributed by atoms with Gasteiger partial charge in [-0.25, -0.2) is 13.1 Å². The molecule has 1 aliphatic rings. The van der Waals surface area contributed by atoms with Gasteiger partial charge in [-0.2, -0.15) is 0 Å². The number of rotatable bonds is 6. The summed E-state index contributed by atoms with van der Waals surface area (Å²) in [6, 6.07) is 14.5. The average molecular weight is 365 g/mol. The SMILES string of the molecule is O=S(=O)(NCc1ccccc1CN1CCCC1)c1ccccc1Cl. The highest BCUT2D eigenvalue weighted by Gasteiger charge is 2.18. The lowest BCUT2D eigenvalue weighted by molar-refractivity contribution is 0.330. The highest BCUT2D eigenvalue weighted by atomic mass is 35.5. The first-order valence-corrected chi connectivity index (χ1v) is 9.96. The average Bonchev–Trinajstić information content (AvgIpc) is 3.07. The molecule has 1 heterocycles. The highest BCUT2D eigenvalue weighted by molar-refractivity contribution is 7.89. The Morgan fingerprint density at radius 1 is 0.958 bits per heavy atom. The molecule has 0 spiro atoms. The van der Waals surface area contributed by atoms with E-state index in [-0.39, 0.29) is 16.5 Å². The molecule has 1 saturated heterocycles. The molecule has 2 aromatic rings. The molecule has 0 amide bonds. The Labute approximate surface area is 148 Å². The molecule has 0 saturated carbocycles. The molecule has 0 aliphatic carbocycles. The summed E-state index contributed by atoms with van der Waals surface area (Å²) in [7, 11) is -3.63. The minimum atomic E-state index is -3.63. The number of likely N-dealkylation sites (tertiary alicyclic amines) is 1. The van der Waals surface area contributed by atoms with Crippen molar-refractivity contribution in [2.24, 2.45) is 0 Å². The first kappa shape index (κ1) is 17.4. The quantitative estimate of drug-likeness (QED) is 0.854. The van der Waals surface area contributed by atoms with E-state index in [9.17, 15) is 8.42 Å². The highest BCUT2D eigenvalue weighted by Crippen LogP contribution is 2.21. The normalized spacial score (nSPS) is 15.7. The molecule has 1 aliphatic heterocycles. The fourth-order valence-corrected chi connectivity index (χ4v) is 4.50. The summed E-state index contributed by atoms with van der Waals surface area (Å²) in [6.07, 6.45) is 2.47. The van der Waals surface area contributed by atoms with Crippen molar-refractivity contribution in [2.75, 3.05) is 13.1 Å². The molecule has 128 valence electrons. The van der Waals surface area contributed by atoms with Gasteiger partial charge in [-0.1, -0.05) is 48.0 Å². The van der Waals surface area contributed by atoms with E-state index in [1.807, 2.05) is 18.2 Å². The van der Waals surface area contributed by atoms with Gasteiger partial charge in [0.2, 0.25) is 10.0 Å². The van der Waals surface area contributed by atoms with Gasteiger partial charge in [-0.15, -0.1) is 0 Å². The summed E-state index contributed by atoms with van der Waals surface area (Å²) >= 11 is 6.01. The van der Waals surface area contributed by atoms with E-state index in [4.69, 9.17) is 11.6 Å². The second kappa shape index (κ2) is 7.66. The molecule has 1 N–H and O–H groups in total. The number of benzene rings is 2. The maximum atomic E-state index is 12.5. The van der Waals surface area contributed by atoms with E-state index in [1.165, 1.54) is 24.5 Å². The standard InChI is InChI=1S/C18H21ClN2O2S/c19-17-9-3-4-10-18(17)24(22,23)20-13-15-7-1-2-8-16(15)14-21-11-5-6-12-21/h1-4,7-10,20H,5-6,11-14H2. The van der Waals surface area contributed by atoms with Gasteiger partial charge in [-0.05, 0) is 49.2 Å². The minimum absolute atomic E-state index is 0.115. The third-order valence-corrected chi connectivity index (χ3v) is 6.19. The molecular weight excluding hydrogens is 344 g/mol. The Morgan fingerprint density at radius 2 is 1.58 bits per heavy atom. The molecule has 1 fully saturated rings. The van der Waals surface area contributed by atoms with Crippen LogP contribution in [0, 0.1) is 0 Å². The minimum Gasteiger partial charge on any atom is -0.299 e. The predicted octanol–water partition coefficient (Wildman–Crippen LogP) is 3.41. The van der Waals surface area contributed by atoms with Crippen molar-refractivity contribution in [1.29, 1.82) is 0 Å². The Bertz CT molecular complexity index is 802. The zero-order valence-electron chi connectivity index (χ0n) is 13.4. The molecule has 3 rings (SSSR count). The summed E-state index contributed by atoms with van der Waals surface area (Å²) in [6.45, 7) is 3.35. The van der Waals surface area contributed by atoms with Crippen molar-refractivity contribution in [2.45, 2.75) is 30.8 Å². The molecule has 0 aromatic heterocycles. The second-order valence-corrected chi connectivity index (χ2v) is 8.15. The summed E-state index contributed by atoms with van der Waals surface area (Å²) in [4.78, 5) is 2.52. The van der Waals surface area contributed by atoms with Crippen molar-refractivity contribution in [1.82, 2.24) is 9.62 Å². The van der Waals surface area contributed by atoms with Gasteiger partial charge in [0, 0.05) is 13.1 Å². The lowest BCUT2D eigenvalue weighted by Crippen LogP contribution is -2.25. The second-order valence-electron chi connectivity index (χ2n) is 6.01. The van der Waals surface area contributed by atoms with Crippen LogP contribution in [0.1, 0.15) is 24.0 Å². The number of sulfonamides is 1. The van der Waals surface area contributed by atoms with Crippen molar-refractivity contribution in [3.63, 3.8) is 0 Å². The van der Waals surface area contributed by atoms with E-state index in [1.54, 1.807) is 18.2 Å². The molecule has 4 nitrogen and oxygen atoms in total. The van der Waals surface area contributed by atoms with E-state index in [0.29, 0.717) is 0 Å². The first-order chi connectivity index (χ1) is 11.6. The Balaban J connectivity index is 1.73. The van der Waals surface area contributed by atoms with E-state index < -0.39 is 10.0 Å². The number of hydrogen-bond acceptors (Lipinski definition) is 3. The van der Waals surface area contributed by atoms with Crippen LogP contribution in [0.5, 0.6) is 0 Å². The lowest BCUT2D eigenvalue weighted by atomic mass is 10.1. The largest absolute Gasteiger partial charge is 0.299 e. The van der Waals surface area contributed by atoms with E-state index in [2.05, 4.69) is 15.7 Å². The van der Waals surface area contributed by atoms with Gasteiger partial charge >= 0.3 is 0 Å². The first-order valence-electron chi connectivity index (χ1n) is 8.09. The van der Waals surface area contributed by atoms with Crippen molar-refractivity contribution < 1.29 is 8.42 Å². The smallest absolute Gasteiger partial charge is 0.242 e. The number of hydrogen-bond donors (Lipinski definition) is 1. The van der Waals surface area contributed by atoms with Gasteiger partial charge in [0.1, 0.15) is 4.90 Å². The van der Waals surface area contributed by atoms with Crippen LogP contribution in [0.3, 0.4) is 0 Å². The fraction of sp³-hybridized carbons (Fsp3) is 0.333. The Kier molecular flexibility index (Phi) is 5.56.